The third kappa shape index (κ3) is 3.95. The first-order valence-electron chi connectivity index (χ1n) is 10.9. The van der Waals surface area contributed by atoms with Crippen LogP contribution in [0.1, 0.15) is 50.5 Å². The quantitative estimate of drug-likeness (QED) is 0.767. The average molecular weight is 385 g/mol. The third-order valence-electron chi connectivity index (χ3n) is 6.99. The van der Waals surface area contributed by atoms with Crippen molar-refractivity contribution in [3.05, 3.63) is 35.9 Å². The second-order valence-electron chi connectivity index (χ2n) is 8.76. The van der Waals surface area contributed by atoms with Gasteiger partial charge in [-0.1, -0.05) is 30.3 Å². The van der Waals surface area contributed by atoms with Crippen molar-refractivity contribution in [2.45, 2.75) is 63.5 Å². The van der Waals surface area contributed by atoms with Gasteiger partial charge in [-0.25, -0.2) is 0 Å². The highest BCUT2D eigenvalue weighted by molar-refractivity contribution is 5.78. The molecule has 152 valence electrons. The monoisotopic (exact) mass is 384 g/mol. The van der Waals surface area contributed by atoms with E-state index in [9.17, 15) is 14.7 Å². The Morgan fingerprint density at radius 2 is 1.89 bits per heavy atom. The highest BCUT2D eigenvalue weighted by Gasteiger charge is 2.49. The normalized spacial score (nSPS) is 29.5. The Bertz CT molecular complexity index is 678. The Morgan fingerprint density at radius 3 is 2.68 bits per heavy atom. The lowest BCUT2D eigenvalue weighted by atomic mass is 9.72. The maximum atomic E-state index is 12.8. The van der Waals surface area contributed by atoms with E-state index in [2.05, 4.69) is 24.3 Å². The second-order valence-corrected chi connectivity index (χ2v) is 8.76. The van der Waals surface area contributed by atoms with E-state index in [1.165, 1.54) is 5.56 Å². The molecule has 3 heterocycles. The molecule has 0 radical (unpaired) electrons. The van der Waals surface area contributed by atoms with Crippen molar-refractivity contribution in [1.82, 2.24) is 9.80 Å². The first-order valence-corrected chi connectivity index (χ1v) is 10.9. The zero-order chi connectivity index (χ0) is 19.5. The fourth-order valence-corrected chi connectivity index (χ4v) is 5.62. The van der Waals surface area contributed by atoms with E-state index in [0.717, 1.165) is 45.1 Å². The minimum atomic E-state index is -0.109. The maximum absolute atomic E-state index is 12.8. The van der Waals surface area contributed by atoms with Crippen molar-refractivity contribution < 1.29 is 14.7 Å². The van der Waals surface area contributed by atoms with Crippen molar-refractivity contribution in [3.8, 4) is 0 Å². The number of piperidine rings is 3. The van der Waals surface area contributed by atoms with Gasteiger partial charge < -0.3 is 14.9 Å². The van der Waals surface area contributed by atoms with Crippen molar-refractivity contribution >= 4 is 11.8 Å². The first-order chi connectivity index (χ1) is 13.7. The number of aliphatic hydroxyl groups is 1. The number of likely N-dealkylation sites (tertiary alicyclic amines) is 1. The van der Waals surface area contributed by atoms with E-state index in [-0.39, 0.29) is 36.4 Å². The molecule has 3 saturated heterocycles. The van der Waals surface area contributed by atoms with E-state index in [0.29, 0.717) is 25.3 Å². The van der Waals surface area contributed by atoms with Crippen molar-refractivity contribution in [2.75, 3.05) is 19.7 Å². The number of amides is 2. The van der Waals surface area contributed by atoms with Gasteiger partial charge in [0.05, 0.1) is 12.6 Å². The number of benzene rings is 1. The molecule has 0 aromatic heterocycles. The minimum Gasteiger partial charge on any atom is -0.394 e. The molecular weight excluding hydrogens is 352 g/mol. The summed E-state index contributed by atoms with van der Waals surface area (Å²) in [5.74, 6) is 1.04. The molecule has 4 rings (SSSR count). The SMILES string of the molecule is O=C(CCCCc1ccccc1)N1C[C@H]2C[C@@H](C1)[C@H](CO)N1C(=O)CCC[C@@H]21. The summed E-state index contributed by atoms with van der Waals surface area (Å²) in [6.45, 7) is 1.48. The molecule has 5 heteroatoms. The summed E-state index contributed by atoms with van der Waals surface area (Å²) in [7, 11) is 0. The standard InChI is InChI=1S/C23H32N2O3/c26-16-21-19-13-18(20-10-6-12-23(28)25(20)21)14-24(15-19)22(27)11-5-4-9-17-7-2-1-3-8-17/h1-3,7-8,18-21,26H,4-6,9-16H2/t18-,19+,20+,21+/m1/s1. The predicted octanol–water partition coefficient (Wildman–Crippen LogP) is 2.62. The van der Waals surface area contributed by atoms with Gasteiger partial charge in [-0.2, -0.15) is 0 Å². The Balaban J connectivity index is 1.32. The zero-order valence-corrected chi connectivity index (χ0v) is 16.6. The molecule has 3 fully saturated rings. The van der Waals surface area contributed by atoms with Crippen LogP contribution in [-0.4, -0.2) is 58.5 Å². The second kappa shape index (κ2) is 8.64. The summed E-state index contributed by atoms with van der Waals surface area (Å²) < 4.78 is 0. The molecule has 4 atom stereocenters. The van der Waals surface area contributed by atoms with Crippen LogP contribution in [0.2, 0.25) is 0 Å². The Hall–Kier alpha value is -1.88. The number of nitrogens with zero attached hydrogens (tertiary/aromatic N) is 2. The number of aliphatic hydroxyl groups excluding tert-OH is 1. The summed E-state index contributed by atoms with van der Waals surface area (Å²) in [4.78, 5) is 29.3. The molecule has 3 aliphatic heterocycles. The molecule has 0 unspecified atom stereocenters. The number of carbonyl (C=O) groups excluding carboxylic acids is 2. The molecule has 0 spiro atoms. The zero-order valence-electron chi connectivity index (χ0n) is 16.6. The lowest BCUT2D eigenvalue weighted by Gasteiger charge is -2.56. The van der Waals surface area contributed by atoms with Crippen LogP contribution in [0.5, 0.6) is 0 Å². The van der Waals surface area contributed by atoms with Crippen LogP contribution in [0.15, 0.2) is 30.3 Å². The van der Waals surface area contributed by atoms with Gasteiger partial charge in [-0.15, -0.1) is 0 Å². The minimum absolute atomic E-state index is 0.0126. The molecule has 2 amide bonds. The summed E-state index contributed by atoms with van der Waals surface area (Å²) in [5.41, 5.74) is 1.33. The molecule has 0 aliphatic carbocycles. The van der Waals surface area contributed by atoms with Crippen LogP contribution in [0.3, 0.4) is 0 Å². The van der Waals surface area contributed by atoms with Gasteiger partial charge in [-0.3, -0.25) is 9.59 Å². The topological polar surface area (TPSA) is 60.9 Å². The summed E-state index contributed by atoms with van der Waals surface area (Å²) >= 11 is 0. The van der Waals surface area contributed by atoms with Gasteiger partial charge in [0.2, 0.25) is 11.8 Å². The van der Waals surface area contributed by atoms with E-state index < -0.39 is 0 Å². The van der Waals surface area contributed by atoms with Crippen molar-refractivity contribution in [1.29, 1.82) is 0 Å². The van der Waals surface area contributed by atoms with Gasteiger partial charge in [0, 0.05) is 32.0 Å². The van der Waals surface area contributed by atoms with Gasteiger partial charge in [-0.05, 0) is 55.9 Å². The van der Waals surface area contributed by atoms with Crippen LogP contribution >= 0.6 is 0 Å². The van der Waals surface area contributed by atoms with Gasteiger partial charge in [0.1, 0.15) is 0 Å². The van der Waals surface area contributed by atoms with E-state index in [1.807, 2.05) is 15.9 Å². The molecule has 1 aromatic carbocycles. The lowest BCUT2D eigenvalue weighted by molar-refractivity contribution is -0.158. The highest BCUT2D eigenvalue weighted by atomic mass is 16.3. The first kappa shape index (κ1) is 19.4. The average Bonchev–Trinajstić information content (AvgIpc) is 2.72. The van der Waals surface area contributed by atoms with Crippen molar-refractivity contribution in [2.24, 2.45) is 11.8 Å². The molecule has 28 heavy (non-hydrogen) atoms. The fraction of sp³-hybridized carbons (Fsp3) is 0.652. The molecule has 1 aromatic rings. The highest BCUT2D eigenvalue weighted by Crippen LogP contribution is 2.41. The number of hydrogen-bond donors (Lipinski definition) is 1. The lowest BCUT2D eigenvalue weighted by Crippen LogP contribution is -2.66. The summed E-state index contributed by atoms with van der Waals surface area (Å²) in [6, 6.07) is 10.5. The van der Waals surface area contributed by atoms with Crippen LogP contribution < -0.4 is 0 Å². The third-order valence-corrected chi connectivity index (χ3v) is 6.99. The predicted molar refractivity (Wildman–Crippen MR) is 108 cm³/mol. The number of carbonyl (C=O) groups is 2. The Morgan fingerprint density at radius 1 is 1.11 bits per heavy atom. The molecule has 3 aliphatic rings. The molecule has 1 N–H and O–H groups in total. The van der Waals surface area contributed by atoms with Crippen LogP contribution in [-0.2, 0) is 16.0 Å². The van der Waals surface area contributed by atoms with Crippen LogP contribution in [0.25, 0.3) is 0 Å². The molecular formula is C23H32N2O3. The number of unbranched alkanes of at least 4 members (excludes halogenated alkanes) is 1. The largest absolute Gasteiger partial charge is 0.394 e. The summed E-state index contributed by atoms with van der Waals surface area (Å²) in [6.07, 6.45) is 7.16. The summed E-state index contributed by atoms with van der Waals surface area (Å²) in [5, 5.41) is 9.97. The Labute approximate surface area is 167 Å². The van der Waals surface area contributed by atoms with Gasteiger partial charge >= 0.3 is 0 Å². The fourth-order valence-electron chi connectivity index (χ4n) is 5.62. The van der Waals surface area contributed by atoms with E-state index in [4.69, 9.17) is 0 Å². The molecule has 5 nitrogen and oxygen atoms in total. The maximum Gasteiger partial charge on any atom is 0.223 e. The number of aryl methyl sites for hydroxylation is 1. The number of fused-ring (bicyclic) bond motifs is 4. The Kier molecular flexibility index (Phi) is 6.00. The van der Waals surface area contributed by atoms with Gasteiger partial charge in [0.15, 0.2) is 0 Å². The van der Waals surface area contributed by atoms with E-state index >= 15 is 0 Å². The van der Waals surface area contributed by atoms with E-state index in [1.54, 1.807) is 0 Å². The van der Waals surface area contributed by atoms with Gasteiger partial charge in [0.25, 0.3) is 0 Å². The smallest absolute Gasteiger partial charge is 0.223 e. The van der Waals surface area contributed by atoms with Crippen molar-refractivity contribution in [3.63, 3.8) is 0 Å². The van der Waals surface area contributed by atoms with Crippen LogP contribution in [0, 0.1) is 11.8 Å². The van der Waals surface area contributed by atoms with Crippen LogP contribution in [0.4, 0.5) is 0 Å². The number of rotatable bonds is 6. The number of hydrogen-bond acceptors (Lipinski definition) is 3. The molecule has 0 saturated carbocycles. The molecule has 2 bridgehead atoms.